The smallest absolute Gasteiger partial charge is 0.224 e. The second kappa shape index (κ2) is 5.75. The molecule has 1 aliphatic rings. The lowest BCUT2D eigenvalue weighted by Crippen LogP contribution is -2.08. The Bertz CT molecular complexity index is 555. The first-order chi connectivity index (χ1) is 9.38. The molecule has 0 saturated carbocycles. The molecule has 2 heterocycles. The highest BCUT2D eigenvalue weighted by Crippen LogP contribution is 2.42. The van der Waals surface area contributed by atoms with Crippen LogP contribution in [0.2, 0.25) is 0 Å². The average Bonchev–Trinajstić information content (AvgIpc) is 3.05. The molecule has 2 aromatic rings. The normalized spacial score (nSPS) is 17.6. The number of fused-ring (bicyclic) bond motifs is 1. The first-order valence-corrected chi connectivity index (χ1v) is 7.55. The molecule has 0 amide bonds. The van der Waals surface area contributed by atoms with Crippen molar-refractivity contribution in [2.45, 2.75) is 23.7 Å². The summed E-state index contributed by atoms with van der Waals surface area (Å²) in [6.07, 6.45) is 1.86. The van der Waals surface area contributed by atoms with Crippen LogP contribution in [-0.2, 0) is 6.42 Å². The Hall–Kier alpha value is -1.33. The van der Waals surface area contributed by atoms with E-state index in [1.165, 1.54) is 10.5 Å². The number of hydrogen-bond acceptors (Lipinski definition) is 5. The summed E-state index contributed by atoms with van der Waals surface area (Å²) in [6, 6.07) is 8.46. The lowest BCUT2D eigenvalue weighted by Gasteiger charge is -2.04. The van der Waals surface area contributed by atoms with Crippen LogP contribution < -0.4 is 5.32 Å². The van der Waals surface area contributed by atoms with Crippen molar-refractivity contribution in [1.29, 1.82) is 0 Å². The monoisotopic (exact) mass is 275 g/mol. The second-order valence-corrected chi connectivity index (χ2v) is 5.70. The zero-order chi connectivity index (χ0) is 13.1. The lowest BCUT2D eigenvalue weighted by atomic mass is 10.0. The third kappa shape index (κ3) is 2.67. The maximum atomic E-state index is 5.81. The molecule has 1 unspecified atom stereocenters. The van der Waals surface area contributed by atoms with Crippen LogP contribution in [0, 0.1) is 0 Å². The van der Waals surface area contributed by atoms with Crippen molar-refractivity contribution < 1.29 is 4.42 Å². The number of nitrogens with zero attached hydrogens (tertiary/aromatic N) is 2. The minimum Gasteiger partial charge on any atom is -0.425 e. The number of nitrogens with one attached hydrogen (secondary N) is 1. The van der Waals surface area contributed by atoms with E-state index in [-0.39, 0.29) is 5.92 Å². The van der Waals surface area contributed by atoms with Crippen molar-refractivity contribution in [3.05, 3.63) is 41.6 Å². The molecule has 1 atom stereocenters. The van der Waals surface area contributed by atoms with Crippen molar-refractivity contribution >= 4 is 11.8 Å². The van der Waals surface area contributed by atoms with Crippen molar-refractivity contribution in [2.75, 3.05) is 19.3 Å². The second-order valence-electron chi connectivity index (χ2n) is 4.64. The first kappa shape index (κ1) is 12.7. The molecule has 19 heavy (non-hydrogen) atoms. The van der Waals surface area contributed by atoms with Gasteiger partial charge in [0, 0.05) is 17.1 Å². The summed E-state index contributed by atoms with van der Waals surface area (Å²) in [7, 11) is 1.95. The van der Waals surface area contributed by atoms with Gasteiger partial charge in [0.1, 0.15) is 0 Å². The minimum atomic E-state index is 0.256. The van der Waals surface area contributed by atoms with Gasteiger partial charge in [-0.3, -0.25) is 0 Å². The minimum absolute atomic E-state index is 0.256. The van der Waals surface area contributed by atoms with Gasteiger partial charge in [-0.25, -0.2) is 0 Å². The van der Waals surface area contributed by atoms with Crippen LogP contribution >= 0.6 is 11.8 Å². The predicted molar refractivity (Wildman–Crippen MR) is 75.6 cm³/mol. The molecule has 0 radical (unpaired) electrons. The third-order valence-electron chi connectivity index (χ3n) is 3.30. The Morgan fingerprint density at radius 2 is 2.26 bits per heavy atom. The Labute approximate surface area is 117 Å². The number of aryl methyl sites for hydroxylation is 1. The molecule has 0 bridgehead atoms. The van der Waals surface area contributed by atoms with Crippen LogP contribution in [0.5, 0.6) is 0 Å². The molecular weight excluding hydrogens is 258 g/mol. The van der Waals surface area contributed by atoms with E-state index in [4.69, 9.17) is 4.42 Å². The van der Waals surface area contributed by atoms with E-state index in [0.29, 0.717) is 0 Å². The van der Waals surface area contributed by atoms with Crippen LogP contribution in [0.4, 0.5) is 0 Å². The van der Waals surface area contributed by atoms with Gasteiger partial charge in [-0.2, -0.15) is 0 Å². The standard InChI is InChI=1S/C14H17N3OS/c1-15-8-4-7-13-16-17-14(18-13)11-9-19-12-6-3-2-5-10(11)12/h2-3,5-6,11,15H,4,7-9H2,1H3. The average molecular weight is 275 g/mol. The Kier molecular flexibility index (Phi) is 3.84. The maximum absolute atomic E-state index is 5.81. The van der Waals surface area contributed by atoms with E-state index >= 15 is 0 Å². The zero-order valence-electron chi connectivity index (χ0n) is 10.9. The van der Waals surface area contributed by atoms with Crippen LogP contribution in [0.3, 0.4) is 0 Å². The highest BCUT2D eigenvalue weighted by Gasteiger charge is 2.28. The first-order valence-electron chi connectivity index (χ1n) is 6.57. The third-order valence-corrected chi connectivity index (χ3v) is 4.48. The van der Waals surface area contributed by atoms with E-state index in [1.54, 1.807) is 0 Å². The predicted octanol–water partition coefficient (Wildman–Crippen LogP) is 2.46. The lowest BCUT2D eigenvalue weighted by molar-refractivity contribution is 0.435. The number of aromatic nitrogens is 2. The molecule has 1 aliphatic heterocycles. The van der Waals surface area contributed by atoms with Crippen LogP contribution in [0.15, 0.2) is 33.6 Å². The van der Waals surface area contributed by atoms with Crippen molar-refractivity contribution in [1.82, 2.24) is 15.5 Å². The molecule has 3 rings (SSSR count). The van der Waals surface area contributed by atoms with E-state index in [1.807, 2.05) is 18.8 Å². The SMILES string of the molecule is CNCCCc1nnc(C2CSc3ccccc32)o1. The van der Waals surface area contributed by atoms with E-state index < -0.39 is 0 Å². The summed E-state index contributed by atoms with van der Waals surface area (Å²) in [5, 5.41) is 11.5. The maximum Gasteiger partial charge on any atom is 0.224 e. The molecule has 1 aromatic carbocycles. The van der Waals surface area contributed by atoms with Gasteiger partial charge in [0.15, 0.2) is 0 Å². The molecule has 0 aliphatic carbocycles. The highest BCUT2D eigenvalue weighted by molar-refractivity contribution is 7.99. The molecule has 0 saturated heterocycles. The Morgan fingerprint density at radius 3 is 3.16 bits per heavy atom. The number of hydrogen-bond donors (Lipinski definition) is 1. The number of thioether (sulfide) groups is 1. The van der Waals surface area contributed by atoms with Gasteiger partial charge in [-0.05, 0) is 31.6 Å². The summed E-state index contributed by atoms with van der Waals surface area (Å²) in [5.41, 5.74) is 1.32. The summed E-state index contributed by atoms with van der Waals surface area (Å²) < 4.78 is 5.81. The summed E-state index contributed by atoms with van der Waals surface area (Å²) in [6.45, 7) is 0.972. The summed E-state index contributed by atoms with van der Waals surface area (Å²) in [4.78, 5) is 1.34. The van der Waals surface area contributed by atoms with Crippen molar-refractivity contribution in [3.63, 3.8) is 0 Å². The topological polar surface area (TPSA) is 51.0 Å². The number of benzene rings is 1. The van der Waals surface area contributed by atoms with Gasteiger partial charge in [-0.15, -0.1) is 22.0 Å². The van der Waals surface area contributed by atoms with Gasteiger partial charge < -0.3 is 9.73 Å². The van der Waals surface area contributed by atoms with E-state index in [0.717, 1.165) is 36.9 Å². The zero-order valence-corrected chi connectivity index (χ0v) is 11.7. The highest BCUT2D eigenvalue weighted by atomic mass is 32.2. The molecule has 0 spiro atoms. The van der Waals surface area contributed by atoms with Gasteiger partial charge in [-0.1, -0.05) is 18.2 Å². The molecule has 1 N–H and O–H groups in total. The Morgan fingerprint density at radius 1 is 1.37 bits per heavy atom. The van der Waals surface area contributed by atoms with Crippen LogP contribution in [0.25, 0.3) is 0 Å². The fourth-order valence-corrected chi connectivity index (χ4v) is 3.51. The molecule has 5 heteroatoms. The summed E-state index contributed by atoms with van der Waals surface area (Å²) in [5.74, 6) is 2.76. The van der Waals surface area contributed by atoms with Gasteiger partial charge in [0.2, 0.25) is 11.8 Å². The molecule has 4 nitrogen and oxygen atoms in total. The molecule has 0 fully saturated rings. The quantitative estimate of drug-likeness (QED) is 0.849. The fraction of sp³-hybridized carbons (Fsp3) is 0.429. The molecule has 1 aromatic heterocycles. The van der Waals surface area contributed by atoms with Crippen molar-refractivity contribution in [2.24, 2.45) is 0 Å². The molecular formula is C14H17N3OS. The summed E-state index contributed by atoms with van der Waals surface area (Å²) >= 11 is 1.86. The number of rotatable bonds is 5. The van der Waals surface area contributed by atoms with Crippen LogP contribution in [-0.4, -0.2) is 29.5 Å². The van der Waals surface area contributed by atoms with Gasteiger partial charge in [0.25, 0.3) is 0 Å². The van der Waals surface area contributed by atoms with E-state index in [2.05, 4.69) is 39.8 Å². The van der Waals surface area contributed by atoms with Gasteiger partial charge in [0.05, 0.1) is 5.92 Å². The van der Waals surface area contributed by atoms with Crippen LogP contribution in [0.1, 0.15) is 29.7 Å². The fourth-order valence-electron chi connectivity index (χ4n) is 2.29. The van der Waals surface area contributed by atoms with Crippen molar-refractivity contribution in [3.8, 4) is 0 Å². The van der Waals surface area contributed by atoms with E-state index in [9.17, 15) is 0 Å². The Balaban J connectivity index is 1.74. The largest absolute Gasteiger partial charge is 0.425 e. The van der Waals surface area contributed by atoms with Gasteiger partial charge >= 0.3 is 0 Å². The molecule has 100 valence electrons.